The molecule has 0 spiro atoms. The van der Waals surface area contributed by atoms with E-state index in [-0.39, 0.29) is 12.8 Å². The van der Waals surface area contributed by atoms with Crippen LogP contribution in [0.2, 0.25) is 0 Å². The molecule has 0 aliphatic carbocycles. The third kappa shape index (κ3) is 1.92. The summed E-state index contributed by atoms with van der Waals surface area (Å²) in [5, 5.41) is 13.4. The van der Waals surface area contributed by atoms with E-state index in [1.807, 2.05) is 16.8 Å². The lowest BCUT2D eigenvalue weighted by atomic mass is 10.2. The average Bonchev–Trinajstić information content (AvgIpc) is 2.82. The fourth-order valence-corrected chi connectivity index (χ4v) is 2.21. The predicted octanol–water partition coefficient (Wildman–Crippen LogP) is 1.62. The molecule has 2 aromatic heterocycles. The minimum absolute atomic E-state index is 0.0306. The van der Waals surface area contributed by atoms with E-state index in [9.17, 15) is 0 Å². The van der Waals surface area contributed by atoms with Gasteiger partial charge in [-0.1, -0.05) is 0 Å². The minimum atomic E-state index is -0.0406. The molecule has 2 aromatic rings. The molecule has 0 saturated carbocycles. The van der Waals surface area contributed by atoms with E-state index in [4.69, 9.17) is 9.84 Å². The first kappa shape index (κ1) is 10.7. The van der Waals surface area contributed by atoms with Crippen LogP contribution in [0.4, 0.5) is 0 Å². The van der Waals surface area contributed by atoms with Gasteiger partial charge in [-0.05, 0) is 31.4 Å². The van der Waals surface area contributed by atoms with Gasteiger partial charge in [-0.2, -0.15) is 5.10 Å². The van der Waals surface area contributed by atoms with Gasteiger partial charge in [0.1, 0.15) is 5.52 Å². The van der Waals surface area contributed by atoms with Crippen molar-refractivity contribution in [3.05, 3.63) is 24.0 Å². The Morgan fingerprint density at radius 2 is 2.35 bits per heavy atom. The fraction of sp³-hybridized carbons (Fsp3) is 0.500. The first-order valence-corrected chi connectivity index (χ1v) is 5.94. The van der Waals surface area contributed by atoms with E-state index in [0.717, 1.165) is 30.5 Å². The van der Waals surface area contributed by atoms with Crippen molar-refractivity contribution in [2.24, 2.45) is 0 Å². The SMILES string of the molecule is OCc1ccc2c(cnn2C2CCCCO2)n1. The zero-order valence-electron chi connectivity index (χ0n) is 9.54. The van der Waals surface area contributed by atoms with Gasteiger partial charge in [-0.15, -0.1) is 0 Å². The minimum Gasteiger partial charge on any atom is -0.390 e. The third-order valence-electron chi connectivity index (χ3n) is 3.10. The third-order valence-corrected chi connectivity index (χ3v) is 3.10. The Bertz CT molecular complexity index is 517. The highest BCUT2D eigenvalue weighted by molar-refractivity contribution is 5.74. The van der Waals surface area contributed by atoms with Crippen LogP contribution in [-0.2, 0) is 11.3 Å². The van der Waals surface area contributed by atoms with Crippen LogP contribution < -0.4 is 0 Å². The van der Waals surface area contributed by atoms with E-state index in [1.165, 1.54) is 6.42 Å². The number of aromatic nitrogens is 3. The normalized spacial score (nSPS) is 20.9. The molecule has 0 amide bonds. The van der Waals surface area contributed by atoms with Crippen molar-refractivity contribution in [2.75, 3.05) is 6.61 Å². The molecule has 1 aliphatic rings. The molecule has 5 nitrogen and oxygen atoms in total. The molecular formula is C12H15N3O2. The molecule has 0 radical (unpaired) electrons. The quantitative estimate of drug-likeness (QED) is 0.856. The molecule has 0 bridgehead atoms. The molecule has 5 heteroatoms. The number of aliphatic hydroxyl groups excluding tert-OH is 1. The second-order valence-electron chi connectivity index (χ2n) is 4.28. The summed E-state index contributed by atoms with van der Waals surface area (Å²) in [6.07, 6.45) is 5.06. The molecule has 17 heavy (non-hydrogen) atoms. The number of fused-ring (bicyclic) bond motifs is 1. The van der Waals surface area contributed by atoms with Crippen LogP contribution in [0.15, 0.2) is 18.3 Å². The van der Waals surface area contributed by atoms with Crippen LogP contribution in [0.3, 0.4) is 0 Å². The van der Waals surface area contributed by atoms with Crippen LogP contribution in [0, 0.1) is 0 Å². The zero-order valence-corrected chi connectivity index (χ0v) is 9.54. The van der Waals surface area contributed by atoms with E-state index in [1.54, 1.807) is 6.20 Å². The van der Waals surface area contributed by atoms with E-state index in [0.29, 0.717) is 5.69 Å². The number of rotatable bonds is 2. The molecule has 0 aromatic carbocycles. The van der Waals surface area contributed by atoms with Gasteiger partial charge < -0.3 is 9.84 Å². The summed E-state index contributed by atoms with van der Waals surface area (Å²) >= 11 is 0. The Kier molecular flexibility index (Phi) is 2.78. The maximum absolute atomic E-state index is 9.04. The number of nitrogens with zero attached hydrogens (tertiary/aromatic N) is 3. The van der Waals surface area contributed by atoms with Crippen LogP contribution in [0.5, 0.6) is 0 Å². The summed E-state index contributed by atoms with van der Waals surface area (Å²) in [5.41, 5.74) is 2.45. The molecule has 1 fully saturated rings. The molecule has 3 heterocycles. The van der Waals surface area contributed by atoms with E-state index < -0.39 is 0 Å². The van der Waals surface area contributed by atoms with Crippen molar-refractivity contribution in [3.8, 4) is 0 Å². The van der Waals surface area contributed by atoms with Gasteiger partial charge in [0, 0.05) is 6.61 Å². The van der Waals surface area contributed by atoms with Gasteiger partial charge in [0.15, 0.2) is 6.23 Å². The van der Waals surface area contributed by atoms with E-state index in [2.05, 4.69) is 10.1 Å². The Morgan fingerprint density at radius 1 is 1.41 bits per heavy atom. The van der Waals surface area contributed by atoms with Crippen molar-refractivity contribution in [1.82, 2.24) is 14.8 Å². The van der Waals surface area contributed by atoms with Crippen LogP contribution >= 0.6 is 0 Å². The standard InChI is InChI=1S/C12H15N3O2/c16-8-9-4-5-11-10(14-9)7-13-15(11)12-3-1-2-6-17-12/h4-5,7,12,16H,1-3,6,8H2. The molecule has 1 saturated heterocycles. The summed E-state index contributed by atoms with van der Waals surface area (Å²) in [6.45, 7) is 0.759. The van der Waals surface area contributed by atoms with Crippen LogP contribution in [-0.4, -0.2) is 26.5 Å². The van der Waals surface area contributed by atoms with Gasteiger partial charge in [0.25, 0.3) is 0 Å². The Hall–Kier alpha value is -1.46. The van der Waals surface area contributed by atoms with Gasteiger partial charge in [0.05, 0.1) is 24.0 Å². The number of hydrogen-bond acceptors (Lipinski definition) is 4. The van der Waals surface area contributed by atoms with Gasteiger partial charge in [-0.3, -0.25) is 0 Å². The van der Waals surface area contributed by atoms with Crippen molar-refractivity contribution < 1.29 is 9.84 Å². The monoisotopic (exact) mass is 233 g/mol. The maximum atomic E-state index is 9.04. The average molecular weight is 233 g/mol. The summed E-state index contributed by atoms with van der Waals surface area (Å²) < 4.78 is 7.60. The second kappa shape index (κ2) is 4.43. The van der Waals surface area contributed by atoms with Gasteiger partial charge in [0.2, 0.25) is 0 Å². The summed E-state index contributed by atoms with van der Waals surface area (Å²) in [7, 11) is 0. The molecule has 1 aliphatic heterocycles. The first-order chi connectivity index (χ1) is 8.38. The van der Waals surface area contributed by atoms with Gasteiger partial charge in [-0.25, -0.2) is 9.67 Å². The molecule has 3 rings (SSSR count). The van der Waals surface area contributed by atoms with Crippen LogP contribution in [0.25, 0.3) is 11.0 Å². The van der Waals surface area contributed by atoms with Gasteiger partial charge >= 0.3 is 0 Å². The highest BCUT2D eigenvalue weighted by atomic mass is 16.5. The number of ether oxygens (including phenoxy) is 1. The van der Waals surface area contributed by atoms with Crippen LogP contribution in [0.1, 0.15) is 31.2 Å². The summed E-state index contributed by atoms with van der Waals surface area (Å²) in [6, 6.07) is 3.77. The maximum Gasteiger partial charge on any atom is 0.150 e. The molecule has 1 atom stereocenters. The molecule has 90 valence electrons. The second-order valence-corrected chi connectivity index (χ2v) is 4.28. The van der Waals surface area contributed by atoms with Crippen molar-refractivity contribution >= 4 is 11.0 Å². The molecule has 1 N–H and O–H groups in total. The lowest BCUT2D eigenvalue weighted by molar-refractivity contribution is -0.0366. The highest BCUT2D eigenvalue weighted by Crippen LogP contribution is 2.25. The van der Waals surface area contributed by atoms with E-state index >= 15 is 0 Å². The summed E-state index contributed by atoms with van der Waals surface area (Å²) in [5.74, 6) is 0. The van der Waals surface area contributed by atoms with Crippen molar-refractivity contribution in [1.29, 1.82) is 0 Å². The smallest absolute Gasteiger partial charge is 0.150 e. The zero-order chi connectivity index (χ0) is 11.7. The Morgan fingerprint density at radius 3 is 3.12 bits per heavy atom. The molecule has 1 unspecified atom stereocenters. The lowest BCUT2D eigenvalue weighted by Gasteiger charge is -2.23. The topological polar surface area (TPSA) is 60.2 Å². The lowest BCUT2D eigenvalue weighted by Crippen LogP contribution is -2.18. The largest absolute Gasteiger partial charge is 0.390 e. The Labute approximate surface area is 99.0 Å². The molecular weight excluding hydrogens is 218 g/mol. The summed E-state index contributed by atoms with van der Waals surface area (Å²) in [4.78, 5) is 4.32. The Balaban J connectivity index is 1.99. The predicted molar refractivity (Wildman–Crippen MR) is 62.3 cm³/mol. The van der Waals surface area contributed by atoms with Crippen molar-refractivity contribution in [3.63, 3.8) is 0 Å². The first-order valence-electron chi connectivity index (χ1n) is 5.94. The highest BCUT2D eigenvalue weighted by Gasteiger charge is 2.18. The fourth-order valence-electron chi connectivity index (χ4n) is 2.21. The number of hydrogen-bond donors (Lipinski definition) is 1. The van der Waals surface area contributed by atoms with Crippen molar-refractivity contribution in [2.45, 2.75) is 32.1 Å². The number of pyridine rings is 1. The number of aliphatic hydroxyl groups is 1.